The quantitative estimate of drug-likeness (QED) is 0.169. The third-order valence-corrected chi connectivity index (χ3v) is 11.1. The number of fused-ring (bicyclic) bond motifs is 8. The first-order valence-corrected chi connectivity index (χ1v) is 18.7. The summed E-state index contributed by atoms with van der Waals surface area (Å²) in [6, 6.07) is 29.4. The standard InChI is InChI=1S/C55H39NO/c1-55(2)49-23-10-8-18-44(49)47-22-12-20-42(53(47)55)39-28-33-41(34-29-39)56(40-31-26-37(27-32-40)36-14-4-3-5-15-36)50-24-11-9-19-45(50)46-21-13-25-51-52(46)48-35-30-38-16-6-7-17-43(38)54(48)57-51/h3-35H,1-2H3/i3D,4D,5D,14D,15D,26D,27D,28D,29D,31D,32D,33D,34D. The van der Waals surface area contributed by atoms with Crippen molar-refractivity contribution in [3.05, 3.63) is 211 Å². The van der Waals surface area contributed by atoms with Crippen molar-refractivity contribution in [1.29, 1.82) is 0 Å². The lowest BCUT2D eigenvalue weighted by atomic mass is 9.79. The fraction of sp³-hybridized carbons (Fsp3) is 0.0545. The smallest absolute Gasteiger partial charge is 0.143 e. The van der Waals surface area contributed by atoms with Crippen molar-refractivity contribution in [2.45, 2.75) is 19.3 Å². The van der Waals surface area contributed by atoms with Crippen molar-refractivity contribution < 1.29 is 22.2 Å². The van der Waals surface area contributed by atoms with Crippen LogP contribution in [0.5, 0.6) is 0 Å². The van der Waals surface area contributed by atoms with Gasteiger partial charge in [0.15, 0.2) is 0 Å². The van der Waals surface area contributed by atoms with Crippen molar-refractivity contribution in [2.24, 2.45) is 0 Å². The zero-order valence-corrected chi connectivity index (χ0v) is 30.9. The summed E-state index contributed by atoms with van der Waals surface area (Å²) in [5, 5.41) is 3.35. The van der Waals surface area contributed by atoms with Gasteiger partial charge in [0.1, 0.15) is 11.2 Å². The summed E-state index contributed by atoms with van der Waals surface area (Å²) in [5.74, 6) is 0. The topological polar surface area (TPSA) is 16.4 Å². The highest BCUT2D eigenvalue weighted by Crippen LogP contribution is 2.52. The van der Waals surface area contributed by atoms with E-state index in [1.165, 1.54) is 4.90 Å². The Kier molecular flexibility index (Phi) is 5.10. The number of furan rings is 1. The van der Waals surface area contributed by atoms with Gasteiger partial charge in [0.2, 0.25) is 0 Å². The summed E-state index contributed by atoms with van der Waals surface area (Å²) < 4.78 is 127. The third kappa shape index (κ3) is 5.25. The second-order valence-corrected chi connectivity index (χ2v) is 14.6. The molecule has 270 valence electrons. The van der Waals surface area contributed by atoms with E-state index in [0.29, 0.717) is 33.2 Å². The van der Waals surface area contributed by atoms with Gasteiger partial charge in [-0.25, -0.2) is 0 Å². The molecule has 10 aromatic rings. The largest absolute Gasteiger partial charge is 0.455 e. The minimum Gasteiger partial charge on any atom is -0.455 e. The zero-order chi connectivity index (χ0) is 49.4. The Balaban J connectivity index is 1.22. The first-order chi connectivity index (χ1) is 33.5. The molecule has 0 fully saturated rings. The molecule has 0 bridgehead atoms. The van der Waals surface area contributed by atoms with E-state index in [0.717, 1.165) is 38.4 Å². The highest BCUT2D eigenvalue weighted by Gasteiger charge is 2.37. The van der Waals surface area contributed by atoms with Gasteiger partial charge < -0.3 is 9.32 Å². The molecule has 0 saturated heterocycles. The van der Waals surface area contributed by atoms with Crippen LogP contribution in [0.1, 0.15) is 42.8 Å². The van der Waals surface area contributed by atoms with Crippen LogP contribution in [0.2, 0.25) is 0 Å². The molecule has 11 rings (SSSR count). The predicted molar refractivity (Wildman–Crippen MR) is 240 cm³/mol. The van der Waals surface area contributed by atoms with Crippen LogP contribution in [-0.4, -0.2) is 0 Å². The lowest BCUT2D eigenvalue weighted by molar-refractivity contribution is 0.662. The highest BCUT2D eigenvalue weighted by molar-refractivity contribution is 6.19. The second kappa shape index (κ2) is 13.0. The number of para-hydroxylation sites is 1. The summed E-state index contributed by atoms with van der Waals surface area (Å²) in [5.41, 5.74) is 4.31. The molecule has 2 nitrogen and oxygen atoms in total. The maximum atomic E-state index is 9.92. The molecule has 0 N–H and O–H groups in total. The van der Waals surface area contributed by atoms with Gasteiger partial charge in [0.05, 0.1) is 23.5 Å². The average molecular weight is 743 g/mol. The summed E-state index contributed by atoms with van der Waals surface area (Å²) in [7, 11) is 0. The van der Waals surface area contributed by atoms with E-state index in [2.05, 4.69) is 13.8 Å². The number of benzene rings is 9. The van der Waals surface area contributed by atoms with E-state index < -0.39 is 101 Å². The molecular formula is C55H39NO. The molecule has 0 spiro atoms. The van der Waals surface area contributed by atoms with Crippen LogP contribution in [0.4, 0.5) is 17.1 Å². The number of hydrogen-bond acceptors (Lipinski definition) is 2. The van der Waals surface area contributed by atoms with Crippen LogP contribution in [0.15, 0.2) is 204 Å². The molecule has 1 heterocycles. The van der Waals surface area contributed by atoms with Crippen LogP contribution in [0, 0.1) is 0 Å². The Hall–Kier alpha value is -7.16. The lowest BCUT2D eigenvalue weighted by Gasteiger charge is -2.29. The molecule has 0 amide bonds. The molecule has 0 saturated carbocycles. The molecule has 57 heavy (non-hydrogen) atoms. The van der Waals surface area contributed by atoms with E-state index in [1.807, 2.05) is 91.0 Å². The summed E-state index contributed by atoms with van der Waals surface area (Å²) in [4.78, 5) is 1.23. The van der Waals surface area contributed by atoms with Crippen LogP contribution in [0.3, 0.4) is 0 Å². The zero-order valence-electron chi connectivity index (χ0n) is 43.9. The van der Waals surface area contributed by atoms with Gasteiger partial charge >= 0.3 is 0 Å². The Morgan fingerprint density at radius 3 is 1.89 bits per heavy atom. The van der Waals surface area contributed by atoms with Gasteiger partial charge in [-0.3, -0.25) is 0 Å². The minimum atomic E-state index is -0.750. The first-order valence-electron chi connectivity index (χ1n) is 25.2. The summed E-state index contributed by atoms with van der Waals surface area (Å²) in [6.45, 7) is 4.13. The SMILES string of the molecule is [2H]c1c([2H])c([2H])c(-c2c([2H])c([2H])c(N(c3ccccc3-c3cccc4oc5c6ccccc6ccc5c34)c3c([2H])c([2H])c(-c4cccc5c4C(C)(C)c4ccccc4-5)c([2H])c3[2H])c([2H])c2[2H])c([2H])c1[2H]. The molecule has 1 aliphatic carbocycles. The van der Waals surface area contributed by atoms with Gasteiger partial charge in [-0.15, -0.1) is 0 Å². The molecule has 0 unspecified atom stereocenters. The second-order valence-electron chi connectivity index (χ2n) is 14.6. The molecule has 0 radical (unpaired) electrons. The Bertz CT molecular complexity index is 3850. The number of anilines is 3. The number of rotatable bonds is 6. The maximum absolute atomic E-state index is 9.92. The number of hydrogen-bond donors (Lipinski definition) is 0. The fourth-order valence-electron chi connectivity index (χ4n) is 8.55. The normalized spacial score (nSPS) is 16.1. The number of nitrogens with zero attached hydrogens (tertiary/aromatic N) is 1. The van der Waals surface area contributed by atoms with E-state index in [9.17, 15) is 11.0 Å². The monoisotopic (exact) mass is 742 g/mol. The van der Waals surface area contributed by atoms with E-state index in [4.69, 9.17) is 11.3 Å². The van der Waals surface area contributed by atoms with Gasteiger partial charge in [0.25, 0.3) is 0 Å². The van der Waals surface area contributed by atoms with E-state index in [-0.39, 0.29) is 16.9 Å². The van der Waals surface area contributed by atoms with Crippen LogP contribution in [0.25, 0.3) is 77.2 Å². The summed E-state index contributed by atoms with van der Waals surface area (Å²) in [6.07, 6.45) is 0. The van der Waals surface area contributed by atoms with E-state index >= 15 is 0 Å². The molecule has 0 atom stereocenters. The van der Waals surface area contributed by atoms with Crippen molar-refractivity contribution in [3.63, 3.8) is 0 Å². The Morgan fingerprint density at radius 1 is 0.474 bits per heavy atom. The molecule has 0 aliphatic heterocycles. The van der Waals surface area contributed by atoms with Crippen molar-refractivity contribution in [2.75, 3.05) is 4.90 Å². The predicted octanol–water partition coefficient (Wildman–Crippen LogP) is 15.5. The van der Waals surface area contributed by atoms with Crippen molar-refractivity contribution in [1.82, 2.24) is 0 Å². The lowest BCUT2D eigenvalue weighted by Crippen LogP contribution is -2.16. The van der Waals surface area contributed by atoms with Gasteiger partial charge in [-0.05, 0) is 97.8 Å². The Morgan fingerprint density at radius 2 is 1.09 bits per heavy atom. The van der Waals surface area contributed by atoms with Crippen molar-refractivity contribution >= 4 is 49.8 Å². The fourth-order valence-corrected chi connectivity index (χ4v) is 8.55. The minimum absolute atomic E-state index is 0.0441. The van der Waals surface area contributed by atoms with Crippen LogP contribution < -0.4 is 4.90 Å². The van der Waals surface area contributed by atoms with Crippen LogP contribution >= 0.6 is 0 Å². The summed E-state index contributed by atoms with van der Waals surface area (Å²) >= 11 is 0. The van der Waals surface area contributed by atoms with Crippen molar-refractivity contribution in [3.8, 4) is 44.5 Å². The maximum Gasteiger partial charge on any atom is 0.143 e. The third-order valence-electron chi connectivity index (χ3n) is 11.1. The Labute approximate surface area is 351 Å². The van der Waals surface area contributed by atoms with E-state index in [1.54, 1.807) is 30.3 Å². The van der Waals surface area contributed by atoms with Gasteiger partial charge in [-0.1, -0.05) is 171 Å². The molecule has 2 heteroatoms. The molecule has 1 aromatic heterocycles. The molecule has 9 aromatic carbocycles. The average Bonchev–Trinajstić information content (AvgIpc) is 3.87. The first kappa shape index (κ1) is 22.4. The van der Waals surface area contributed by atoms with Crippen LogP contribution in [-0.2, 0) is 5.41 Å². The highest BCUT2D eigenvalue weighted by atomic mass is 16.3. The molecular weight excluding hydrogens is 691 g/mol. The molecule has 1 aliphatic rings. The van der Waals surface area contributed by atoms with Gasteiger partial charge in [0, 0.05) is 38.5 Å². The van der Waals surface area contributed by atoms with Gasteiger partial charge in [-0.2, -0.15) is 0 Å².